The Morgan fingerprint density at radius 1 is 1.16 bits per heavy atom. The van der Waals surface area contributed by atoms with Crippen molar-refractivity contribution in [1.29, 1.82) is 0 Å². The lowest BCUT2D eigenvalue weighted by atomic mass is 9.72. The quantitative estimate of drug-likeness (QED) is 0.813. The minimum absolute atomic E-state index is 0.000602. The minimum atomic E-state index is -4.14. The molecule has 0 saturated heterocycles. The third-order valence-corrected chi connectivity index (χ3v) is 4.05. The molecule has 1 aliphatic rings. The lowest BCUT2D eigenvalue weighted by Crippen LogP contribution is -2.45. The van der Waals surface area contributed by atoms with Gasteiger partial charge >= 0.3 is 6.18 Å². The summed E-state index contributed by atoms with van der Waals surface area (Å²) >= 11 is 0. The van der Waals surface area contributed by atoms with Crippen LogP contribution in [0.1, 0.15) is 42.4 Å². The van der Waals surface area contributed by atoms with E-state index in [1.165, 1.54) is 0 Å². The van der Waals surface area contributed by atoms with Crippen LogP contribution in [-0.4, -0.2) is 6.18 Å². The zero-order valence-corrected chi connectivity index (χ0v) is 11.3. The van der Waals surface area contributed by atoms with Crippen molar-refractivity contribution in [1.82, 2.24) is 0 Å². The van der Waals surface area contributed by atoms with Crippen LogP contribution in [-0.2, 0) is 5.54 Å². The number of hydrogen-bond donors (Lipinski definition) is 1. The van der Waals surface area contributed by atoms with E-state index < -0.39 is 17.6 Å². The normalized spacial score (nSPS) is 28.4. The average Bonchev–Trinajstić information content (AvgIpc) is 2.26. The summed E-state index contributed by atoms with van der Waals surface area (Å²) in [4.78, 5) is 0. The molecule has 2 rings (SSSR count). The fraction of sp³-hybridized carbons (Fsp3) is 0.600. The summed E-state index contributed by atoms with van der Waals surface area (Å²) < 4.78 is 38.7. The fourth-order valence-electron chi connectivity index (χ4n) is 3.11. The molecule has 2 N–H and O–H groups in total. The van der Waals surface area contributed by atoms with Gasteiger partial charge < -0.3 is 5.73 Å². The Kier molecular flexibility index (Phi) is 3.65. The summed E-state index contributed by atoms with van der Waals surface area (Å²) in [6.07, 6.45) is -2.77. The molecule has 1 aromatic rings. The van der Waals surface area contributed by atoms with E-state index in [2.05, 4.69) is 0 Å². The highest BCUT2D eigenvalue weighted by Crippen LogP contribution is 2.45. The number of halogens is 3. The summed E-state index contributed by atoms with van der Waals surface area (Å²) in [6.45, 7) is 3.90. The van der Waals surface area contributed by atoms with E-state index in [9.17, 15) is 13.2 Å². The Balaban J connectivity index is 2.31. The van der Waals surface area contributed by atoms with Crippen LogP contribution < -0.4 is 5.73 Å². The Hall–Kier alpha value is -1.03. The molecule has 2 unspecified atom stereocenters. The third kappa shape index (κ3) is 3.11. The Morgan fingerprint density at radius 2 is 1.74 bits per heavy atom. The molecule has 19 heavy (non-hydrogen) atoms. The molecule has 0 heterocycles. The summed E-state index contributed by atoms with van der Waals surface area (Å²) in [5, 5.41) is 0. The highest BCUT2D eigenvalue weighted by molar-refractivity contribution is 5.33. The van der Waals surface area contributed by atoms with Gasteiger partial charge in [-0.2, -0.15) is 13.2 Å². The first-order valence-electron chi connectivity index (χ1n) is 6.65. The van der Waals surface area contributed by atoms with Gasteiger partial charge in [0.1, 0.15) is 0 Å². The Labute approximate surface area is 112 Å². The van der Waals surface area contributed by atoms with E-state index in [1.54, 1.807) is 0 Å². The molecule has 2 atom stereocenters. The van der Waals surface area contributed by atoms with Gasteiger partial charge in [-0.15, -0.1) is 0 Å². The van der Waals surface area contributed by atoms with Gasteiger partial charge in [0.25, 0.3) is 0 Å². The van der Waals surface area contributed by atoms with Crippen LogP contribution in [0.4, 0.5) is 13.2 Å². The Morgan fingerprint density at radius 3 is 2.26 bits per heavy atom. The van der Waals surface area contributed by atoms with E-state index >= 15 is 0 Å². The predicted octanol–water partition coefficient (Wildman–Crippen LogP) is 4.21. The van der Waals surface area contributed by atoms with Gasteiger partial charge in [-0.05, 0) is 38.7 Å². The van der Waals surface area contributed by atoms with E-state index in [0.29, 0.717) is 12.8 Å². The smallest absolute Gasteiger partial charge is 0.321 e. The van der Waals surface area contributed by atoms with Crippen LogP contribution in [0.5, 0.6) is 0 Å². The number of benzene rings is 1. The van der Waals surface area contributed by atoms with Crippen molar-refractivity contribution >= 4 is 0 Å². The summed E-state index contributed by atoms with van der Waals surface area (Å²) in [5.41, 5.74) is 8.41. The van der Waals surface area contributed by atoms with Gasteiger partial charge in [0.2, 0.25) is 0 Å². The number of hydrogen-bond acceptors (Lipinski definition) is 1. The molecule has 1 saturated carbocycles. The van der Waals surface area contributed by atoms with Crippen LogP contribution >= 0.6 is 0 Å². The lowest BCUT2D eigenvalue weighted by Gasteiger charge is -2.39. The molecule has 1 fully saturated rings. The SMILES string of the molecule is Cc1cc(C)cc(C2(N)CCCC(C(F)(F)F)C2)c1. The summed E-state index contributed by atoms with van der Waals surface area (Å²) in [5.74, 6) is -1.27. The van der Waals surface area contributed by atoms with Crippen LogP contribution in [0.25, 0.3) is 0 Å². The standard InChI is InChI=1S/C15H20F3N/c1-10-6-11(2)8-13(7-10)14(19)5-3-4-12(9-14)15(16,17)18/h6-8,12H,3-5,9,19H2,1-2H3. The van der Waals surface area contributed by atoms with Crippen LogP contribution in [0, 0.1) is 19.8 Å². The van der Waals surface area contributed by atoms with E-state index in [0.717, 1.165) is 16.7 Å². The Bertz CT molecular complexity index is 447. The highest BCUT2D eigenvalue weighted by Gasteiger charge is 2.46. The number of alkyl halides is 3. The summed E-state index contributed by atoms with van der Waals surface area (Å²) in [6, 6.07) is 5.86. The van der Waals surface area contributed by atoms with Crippen molar-refractivity contribution in [3.05, 3.63) is 34.9 Å². The van der Waals surface area contributed by atoms with Crippen molar-refractivity contribution in [2.24, 2.45) is 11.7 Å². The first-order valence-corrected chi connectivity index (χ1v) is 6.65. The fourth-order valence-corrected chi connectivity index (χ4v) is 3.11. The van der Waals surface area contributed by atoms with Crippen molar-refractivity contribution in [2.45, 2.75) is 51.2 Å². The van der Waals surface area contributed by atoms with Gasteiger partial charge in [-0.1, -0.05) is 35.7 Å². The second-order valence-electron chi connectivity index (χ2n) is 5.87. The highest BCUT2D eigenvalue weighted by atomic mass is 19.4. The van der Waals surface area contributed by atoms with Crippen molar-refractivity contribution in [3.63, 3.8) is 0 Å². The molecule has 0 spiro atoms. The van der Waals surface area contributed by atoms with Gasteiger partial charge in [0.05, 0.1) is 5.92 Å². The molecule has 1 nitrogen and oxygen atoms in total. The molecule has 0 amide bonds. The maximum absolute atomic E-state index is 12.9. The zero-order chi connectivity index (χ0) is 14.3. The maximum Gasteiger partial charge on any atom is 0.391 e. The van der Waals surface area contributed by atoms with Crippen LogP contribution in [0.3, 0.4) is 0 Å². The van der Waals surface area contributed by atoms with Crippen molar-refractivity contribution < 1.29 is 13.2 Å². The van der Waals surface area contributed by atoms with Crippen LogP contribution in [0.2, 0.25) is 0 Å². The van der Waals surface area contributed by atoms with Gasteiger partial charge in [0, 0.05) is 5.54 Å². The van der Waals surface area contributed by atoms with Crippen LogP contribution in [0.15, 0.2) is 18.2 Å². The second-order valence-corrected chi connectivity index (χ2v) is 5.87. The largest absolute Gasteiger partial charge is 0.391 e. The third-order valence-electron chi connectivity index (χ3n) is 4.05. The van der Waals surface area contributed by atoms with Gasteiger partial charge in [-0.25, -0.2) is 0 Å². The molecule has 1 aliphatic carbocycles. The first-order chi connectivity index (χ1) is 8.71. The molecular formula is C15H20F3N. The molecule has 106 valence electrons. The molecule has 0 aliphatic heterocycles. The minimum Gasteiger partial charge on any atom is -0.321 e. The number of rotatable bonds is 1. The van der Waals surface area contributed by atoms with E-state index in [-0.39, 0.29) is 12.8 Å². The van der Waals surface area contributed by atoms with Gasteiger partial charge in [-0.3, -0.25) is 0 Å². The second kappa shape index (κ2) is 4.82. The maximum atomic E-state index is 12.9. The zero-order valence-electron chi connectivity index (χ0n) is 11.3. The molecule has 0 radical (unpaired) electrons. The monoisotopic (exact) mass is 271 g/mol. The van der Waals surface area contributed by atoms with E-state index in [4.69, 9.17) is 5.73 Å². The number of aryl methyl sites for hydroxylation is 2. The van der Waals surface area contributed by atoms with E-state index in [1.807, 2.05) is 32.0 Å². The first kappa shape index (κ1) is 14.4. The van der Waals surface area contributed by atoms with Gasteiger partial charge in [0.15, 0.2) is 0 Å². The average molecular weight is 271 g/mol. The topological polar surface area (TPSA) is 26.0 Å². The molecule has 1 aromatic carbocycles. The number of nitrogens with two attached hydrogens (primary N) is 1. The molecule has 0 aromatic heterocycles. The molecular weight excluding hydrogens is 251 g/mol. The predicted molar refractivity (Wildman–Crippen MR) is 69.8 cm³/mol. The summed E-state index contributed by atoms with van der Waals surface area (Å²) in [7, 11) is 0. The molecule has 0 bridgehead atoms. The van der Waals surface area contributed by atoms with Crippen molar-refractivity contribution in [2.75, 3.05) is 0 Å². The molecule has 4 heteroatoms. The lowest BCUT2D eigenvalue weighted by molar-refractivity contribution is -0.187. The van der Waals surface area contributed by atoms with Crippen molar-refractivity contribution in [3.8, 4) is 0 Å².